The van der Waals surface area contributed by atoms with Crippen LogP contribution < -0.4 is 10.6 Å². The predicted molar refractivity (Wildman–Crippen MR) is 91.2 cm³/mol. The summed E-state index contributed by atoms with van der Waals surface area (Å²) in [7, 11) is 0. The van der Waals surface area contributed by atoms with Crippen LogP contribution in [-0.4, -0.2) is 18.5 Å². The van der Waals surface area contributed by atoms with Crippen LogP contribution in [-0.2, 0) is 4.79 Å². The van der Waals surface area contributed by atoms with Crippen LogP contribution in [0.15, 0.2) is 18.2 Å². The van der Waals surface area contributed by atoms with Gasteiger partial charge < -0.3 is 10.6 Å². The van der Waals surface area contributed by atoms with Crippen molar-refractivity contribution in [1.82, 2.24) is 5.32 Å². The van der Waals surface area contributed by atoms with Gasteiger partial charge in [0.05, 0.1) is 5.02 Å². The molecule has 22 heavy (non-hydrogen) atoms. The highest BCUT2D eigenvalue weighted by Crippen LogP contribution is 2.25. The van der Waals surface area contributed by atoms with E-state index >= 15 is 0 Å². The monoisotopic (exact) mass is 343 g/mol. The molecule has 0 spiro atoms. The van der Waals surface area contributed by atoms with Crippen LogP contribution in [0.1, 0.15) is 51.1 Å². The minimum atomic E-state index is 0.107. The van der Waals surface area contributed by atoms with E-state index in [0.717, 1.165) is 12.0 Å². The summed E-state index contributed by atoms with van der Waals surface area (Å²) in [6, 6.07) is 5.96. The van der Waals surface area contributed by atoms with Crippen molar-refractivity contribution in [2.45, 2.75) is 51.6 Å². The minimum Gasteiger partial charge on any atom is -0.348 e. The zero-order valence-corrected chi connectivity index (χ0v) is 14.8. The Morgan fingerprint density at radius 3 is 2.77 bits per heavy atom. The molecule has 0 bridgehead atoms. The lowest BCUT2D eigenvalue weighted by Crippen LogP contribution is -2.87. The zero-order chi connectivity index (χ0) is 16.1. The minimum absolute atomic E-state index is 0.107. The molecule has 0 heterocycles. The topological polar surface area (TPSA) is 45.7 Å². The Morgan fingerprint density at radius 1 is 1.36 bits per heavy atom. The molecule has 1 aliphatic rings. The number of halogens is 2. The molecular weight excluding hydrogens is 319 g/mol. The van der Waals surface area contributed by atoms with Gasteiger partial charge >= 0.3 is 0 Å². The second-order valence-corrected chi connectivity index (χ2v) is 7.17. The van der Waals surface area contributed by atoms with Gasteiger partial charge in [-0.15, -0.1) is 0 Å². The number of quaternary nitrogens is 1. The number of hydrogen-bond donors (Lipinski definition) is 2. The Kier molecular flexibility index (Phi) is 6.54. The molecule has 1 saturated carbocycles. The number of carbonyl (C=O) groups is 1. The Labute approximate surface area is 142 Å². The van der Waals surface area contributed by atoms with Crippen LogP contribution in [0, 0.1) is 5.92 Å². The van der Waals surface area contributed by atoms with Crippen molar-refractivity contribution in [3.05, 3.63) is 33.8 Å². The average molecular weight is 344 g/mol. The molecule has 3 nitrogen and oxygen atoms in total. The van der Waals surface area contributed by atoms with E-state index in [1.165, 1.54) is 19.3 Å². The molecule has 0 aromatic heterocycles. The second-order valence-electron chi connectivity index (χ2n) is 6.33. The quantitative estimate of drug-likeness (QED) is 0.846. The van der Waals surface area contributed by atoms with E-state index in [1.807, 2.05) is 24.4 Å². The van der Waals surface area contributed by atoms with Crippen LogP contribution >= 0.6 is 23.2 Å². The van der Waals surface area contributed by atoms with Gasteiger partial charge in [-0.05, 0) is 37.8 Å². The van der Waals surface area contributed by atoms with Crippen LogP contribution in [0.5, 0.6) is 0 Å². The summed E-state index contributed by atoms with van der Waals surface area (Å²) in [6.07, 6.45) is 4.82. The zero-order valence-electron chi connectivity index (χ0n) is 13.2. The molecule has 122 valence electrons. The van der Waals surface area contributed by atoms with Crippen LogP contribution in [0.4, 0.5) is 0 Å². The number of benzene rings is 1. The molecule has 3 atom stereocenters. The fourth-order valence-electron chi connectivity index (χ4n) is 3.08. The largest absolute Gasteiger partial charge is 0.348 e. The number of carbonyl (C=O) groups excluding carboxylic acids is 1. The molecule has 5 heteroatoms. The molecule has 1 aromatic carbocycles. The fourth-order valence-corrected chi connectivity index (χ4v) is 3.66. The van der Waals surface area contributed by atoms with Gasteiger partial charge in [0.1, 0.15) is 6.04 Å². The lowest BCUT2D eigenvalue weighted by molar-refractivity contribution is -0.682. The van der Waals surface area contributed by atoms with Crippen LogP contribution in [0.25, 0.3) is 0 Å². The molecule has 0 unspecified atom stereocenters. The van der Waals surface area contributed by atoms with Gasteiger partial charge in [0.25, 0.3) is 5.91 Å². The van der Waals surface area contributed by atoms with Crippen molar-refractivity contribution in [3.63, 3.8) is 0 Å². The van der Waals surface area contributed by atoms with Crippen molar-refractivity contribution < 1.29 is 10.1 Å². The summed E-state index contributed by atoms with van der Waals surface area (Å²) < 4.78 is 0. The van der Waals surface area contributed by atoms with E-state index in [9.17, 15) is 4.79 Å². The highest BCUT2D eigenvalue weighted by atomic mass is 35.5. The van der Waals surface area contributed by atoms with E-state index in [-0.39, 0.29) is 11.9 Å². The first-order valence-electron chi connectivity index (χ1n) is 8.05. The number of rotatable bonds is 5. The third-order valence-electron chi connectivity index (χ3n) is 4.57. The van der Waals surface area contributed by atoms with E-state index in [4.69, 9.17) is 23.2 Å². The highest BCUT2D eigenvalue weighted by Gasteiger charge is 2.23. The van der Waals surface area contributed by atoms with Crippen molar-refractivity contribution in [3.8, 4) is 0 Å². The molecule has 1 aliphatic carbocycles. The standard InChI is InChI=1S/C17H24Cl2N2O/c1-11-5-3-4-6-16(11)21-17(22)10-20-12(2)14-8-7-13(18)9-15(14)19/h7-9,11-12,16,20H,3-6,10H2,1-2H3,(H,21,22)/p+1/t11-,12+,16-/m1/s1. The van der Waals surface area contributed by atoms with Gasteiger partial charge in [-0.2, -0.15) is 0 Å². The van der Waals surface area contributed by atoms with E-state index in [0.29, 0.717) is 28.5 Å². The SMILES string of the molecule is C[C@H]([NH2+]CC(=O)N[C@@H]1CCCC[C@H]1C)c1ccc(Cl)cc1Cl. The van der Waals surface area contributed by atoms with Gasteiger partial charge in [-0.25, -0.2) is 0 Å². The predicted octanol–water partition coefficient (Wildman–Crippen LogP) is 3.31. The van der Waals surface area contributed by atoms with Crippen molar-refractivity contribution in [2.75, 3.05) is 6.54 Å². The van der Waals surface area contributed by atoms with Gasteiger partial charge in [0, 0.05) is 16.6 Å². The Hall–Kier alpha value is -0.770. The molecule has 1 aromatic rings. The van der Waals surface area contributed by atoms with E-state index in [1.54, 1.807) is 6.07 Å². The Bertz CT molecular complexity index is 521. The number of nitrogens with two attached hydrogens (primary N) is 1. The third kappa shape index (κ3) is 4.87. The van der Waals surface area contributed by atoms with Crippen molar-refractivity contribution in [2.24, 2.45) is 5.92 Å². The summed E-state index contributed by atoms with van der Waals surface area (Å²) in [5.74, 6) is 0.691. The summed E-state index contributed by atoms with van der Waals surface area (Å²) in [5.41, 5.74) is 1.00. The first kappa shape index (κ1) is 17.6. The third-order valence-corrected chi connectivity index (χ3v) is 5.13. The van der Waals surface area contributed by atoms with Gasteiger partial charge in [0.2, 0.25) is 0 Å². The van der Waals surface area contributed by atoms with E-state index in [2.05, 4.69) is 12.2 Å². The van der Waals surface area contributed by atoms with E-state index < -0.39 is 0 Å². The maximum atomic E-state index is 12.1. The van der Waals surface area contributed by atoms with Gasteiger partial charge in [-0.1, -0.05) is 49.0 Å². The molecule has 0 aliphatic heterocycles. The normalized spacial score (nSPS) is 23.1. The lowest BCUT2D eigenvalue weighted by atomic mass is 9.86. The summed E-state index contributed by atoms with van der Waals surface area (Å²) in [5, 5.41) is 6.47. The molecule has 1 fully saturated rings. The molecule has 1 amide bonds. The van der Waals surface area contributed by atoms with Gasteiger partial charge in [-0.3, -0.25) is 4.79 Å². The first-order chi connectivity index (χ1) is 10.5. The van der Waals surface area contributed by atoms with Gasteiger partial charge in [0.15, 0.2) is 6.54 Å². The molecule has 0 saturated heterocycles. The first-order valence-corrected chi connectivity index (χ1v) is 8.80. The average Bonchev–Trinajstić information content (AvgIpc) is 2.47. The Morgan fingerprint density at radius 2 is 2.09 bits per heavy atom. The number of nitrogens with one attached hydrogen (secondary N) is 1. The molecule has 2 rings (SSSR count). The second kappa shape index (κ2) is 8.19. The smallest absolute Gasteiger partial charge is 0.275 e. The van der Waals surface area contributed by atoms with Crippen LogP contribution in [0.2, 0.25) is 10.0 Å². The summed E-state index contributed by atoms with van der Waals surface area (Å²) in [4.78, 5) is 12.1. The summed E-state index contributed by atoms with van der Waals surface area (Å²) >= 11 is 12.1. The lowest BCUT2D eigenvalue weighted by Gasteiger charge is -2.29. The highest BCUT2D eigenvalue weighted by molar-refractivity contribution is 6.35. The van der Waals surface area contributed by atoms with Crippen LogP contribution in [0.3, 0.4) is 0 Å². The Balaban J connectivity index is 1.82. The van der Waals surface area contributed by atoms with Crippen molar-refractivity contribution >= 4 is 29.1 Å². The summed E-state index contributed by atoms with van der Waals surface area (Å²) in [6.45, 7) is 4.69. The number of amides is 1. The molecular formula is C17H25Cl2N2O+. The molecule has 3 N–H and O–H groups in total. The maximum Gasteiger partial charge on any atom is 0.275 e. The maximum absolute atomic E-state index is 12.1. The fraction of sp³-hybridized carbons (Fsp3) is 0.588. The van der Waals surface area contributed by atoms with Crippen molar-refractivity contribution in [1.29, 1.82) is 0 Å². The molecule has 0 radical (unpaired) electrons. The number of hydrogen-bond acceptors (Lipinski definition) is 1.